The fourth-order valence-corrected chi connectivity index (χ4v) is 2.80. The van der Waals surface area contributed by atoms with E-state index in [4.69, 9.17) is 18.9 Å². The Morgan fingerprint density at radius 1 is 0.897 bits per heavy atom. The maximum atomic E-state index is 14.8. The summed E-state index contributed by atoms with van der Waals surface area (Å²) in [6.07, 6.45) is -6.07. The summed E-state index contributed by atoms with van der Waals surface area (Å²) in [6, 6.07) is 16.2. The smallest absolute Gasteiger partial charge is 0.338 e. The molecule has 0 aliphatic carbocycles. The zero-order valence-corrected chi connectivity index (χ0v) is 15.5. The maximum Gasteiger partial charge on any atom is 0.338 e. The first-order valence-electron chi connectivity index (χ1n) is 8.90. The molecule has 2 aromatic rings. The van der Waals surface area contributed by atoms with Crippen molar-refractivity contribution in [1.29, 1.82) is 0 Å². The Morgan fingerprint density at radius 3 is 2.00 bits per heavy atom. The number of esters is 3. The van der Waals surface area contributed by atoms with Gasteiger partial charge in [0.25, 0.3) is 0 Å². The summed E-state index contributed by atoms with van der Waals surface area (Å²) >= 11 is 0. The molecule has 152 valence electrons. The zero-order chi connectivity index (χ0) is 20.8. The average molecular weight is 402 g/mol. The van der Waals surface area contributed by atoms with Gasteiger partial charge >= 0.3 is 17.9 Å². The molecule has 7 nitrogen and oxygen atoms in total. The molecule has 1 aliphatic rings. The van der Waals surface area contributed by atoms with Gasteiger partial charge in [-0.3, -0.25) is 4.79 Å². The van der Waals surface area contributed by atoms with Crippen LogP contribution in [0.4, 0.5) is 4.39 Å². The lowest BCUT2D eigenvalue weighted by molar-refractivity contribution is -0.182. The van der Waals surface area contributed by atoms with Gasteiger partial charge in [-0.05, 0) is 24.3 Å². The summed E-state index contributed by atoms with van der Waals surface area (Å²) < 4.78 is 35.3. The van der Waals surface area contributed by atoms with Crippen molar-refractivity contribution in [2.45, 2.75) is 31.6 Å². The highest BCUT2D eigenvalue weighted by atomic mass is 19.1. The van der Waals surface area contributed by atoms with Crippen molar-refractivity contribution in [1.82, 2.24) is 0 Å². The molecule has 1 fully saturated rings. The van der Waals surface area contributed by atoms with Gasteiger partial charge in [0.2, 0.25) is 12.5 Å². The number of carbonyl (C=O) groups excluding carboxylic acids is 3. The van der Waals surface area contributed by atoms with E-state index in [2.05, 4.69) is 0 Å². The fourth-order valence-electron chi connectivity index (χ4n) is 2.80. The largest absolute Gasteiger partial charge is 0.459 e. The first kappa shape index (κ1) is 20.5. The van der Waals surface area contributed by atoms with E-state index in [1.165, 1.54) is 12.1 Å². The molecule has 0 saturated carbocycles. The molecule has 2 aromatic carbocycles. The molecule has 1 aliphatic heterocycles. The summed E-state index contributed by atoms with van der Waals surface area (Å²) in [5.74, 6) is -2.17. The topological polar surface area (TPSA) is 88.1 Å². The predicted octanol–water partition coefficient (Wildman–Crippen LogP) is 2.70. The normalized spacial score (nSPS) is 23.2. The maximum absolute atomic E-state index is 14.8. The minimum absolute atomic E-state index is 0.218. The lowest BCUT2D eigenvalue weighted by Crippen LogP contribution is -2.37. The molecule has 0 unspecified atom stereocenters. The highest BCUT2D eigenvalue weighted by molar-refractivity contribution is 5.90. The molecule has 3 rings (SSSR count). The van der Waals surface area contributed by atoms with E-state index in [1.54, 1.807) is 48.5 Å². The highest BCUT2D eigenvalue weighted by Gasteiger charge is 2.50. The summed E-state index contributed by atoms with van der Waals surface area (Å²) in [6.45, 7) is 0.711. The quantitative estimate of drug-likeness (QED) is 0.542. The second kappa shape index (κ2) is 9.29. The van der Waals surface area contributed by atoms with Crippen LogP contribution in [0.25, 0.3) is 0 Å². The van der Waals surface area contributed by atoms with E-state index in [0.717, 1.165) is 6.92 Å². The van der Waals surface area contributed by atoms with Crippen molar-refractivity contribution in [2.75, 3.05) is 6.61 Å². The van der Waals surface area contributed by atoms with E-state index in [9.17, 15) is 18.8 Å². The Kier molecular flexibility index (Phi) is 6.56. The molecule has 29 heavy (non-hydrogen) atoms. The van der Waals surface area contributed by atoms with Crippen LogP contribution in [0.5, 0.6) is 0 Å². The third-order valence-electron chi connectivity index (χ3n) is 4.17. The molecular weight excluding hydrogens is 383 g/mol. The first-order chi connectivity index (χ1) is 14.0. The molecule has 4 atom stereocenters. The number of ether oxygens (including phenoxy) is 4. The van der Waals surface area contributed by atoms with E-state index in [1.807, 2.05) is 0 Å². The van der Waals surface area contributed by atoms with Crippen LogP contribution in [0.3, 0.4) is 0 Å². The van der Waals surface area contributed by atoms with Crippen LogP contribution in [-0.2, 0) is 23.7 Å². The Hall–Kier alpha value is -3.26. The molecule has 0 aromatic heterocycles. The van der Waals surface area contributed by atoms with Gasteiger partial charge in [-0.15, -0.1) is 0 Å². The molecule has 0 N–H and O–H groups in total. The monoisotopic (exact) mass is 402 g/mol. The standard InChI is InChI=1S/C21H19FO7/c1-13(23)27-21-17(22)18(29-20(25)15-10-6-3-7-11-15)16(28-21)12-26-19(24)14-8-4-2-5-9-14/h2-11,16-18,21H,12H2,1H3/t16-,17+,18-,21-/m1/s1. The van der Waals surface area contributed by atoms with Crippen molar-refractivity contribution in [3.8, 4) is 0 Å². The van der Waals surface area contributed by atoms with Gasteiger partial charge in [-0.25, -0.2) is 14.0 Å². The third kappa shape index (κ3) is 5.17. The van der Waals surface area contributed by atoms with Crippen LogP contribution in [-0.4, -0.2) is 49.2 Å². The molecule has 1 heterocycles. The SMILES string of the molecule is CC(=O)O[C@@H]1O[C@H](COC(=O)c2ccccc2)[C@@H](OC(=O)c2ccccc2)[C@@H]1F. The molecule has 1 saturated heterocycles. The second-order valence-corrected chi connectivity index (χ2v) is 6.30. The molecule has 0 amide bonds. The van der Waals surface area contributed by atoms with Crippen LogP contribution in [0.2, 0.25) is 0 Å². The third-order valence-corrected chi connectivity index (χ3v) is 4.17. The van der Waals surface area contributed by atoms with E-state index in [-0.39, 0.29) is 5.56 Å². The first-order valence-corrected chi connectivity index (χ1v) is 8.90. The van der Waals surface area contributed by atoms with Gasteiger partial charge in [0.15, 0.2) is 6.10 Å². The number of rotatable bonds is 6. The Morgan fingerprint density at radius 2 is 1.45 bits per heavy atom. The fraction of sp³-hybridized carbons (Fsp3) is 0.286. The minimum atomic E-state index is -1.94. The number of alkyl halides is 1. The van der Waals surface area contributed by atoms with E-state index in [0.29, 0.717) is 5.56 Å². The Labute approximate surface area is 166 Å². The van der Waals surface area contributed by atoms with Gasteiger partial charge in [0.1, 0.15) is 12.7 Å². The second-order valence-electron chi connectivity index (χ2n) is 6.30. The van der Waals surface area contributed by atoms with Crippen molar-refractivity contribution in [2.24, 2.45) is 0 Å². The van der Waals surface area contributed by atoms with Gasteiger partial charge in [-0.2, -0.15) is 0 Å². The number of carbonyl (C=O) groups is 3. The van der Waals surface area contributed by atoms with Crippen LogP contribution < -0.4 is 0 Å². The minimum Gasteiger partial charge on any atom is -0.459 e. The average Bonchev–Trinajstić information content (AvgIpc) is 3.01. The molecule has 0 radical (unpaired) electrons. The van der Waals surface area contributed by atoms with E-state index < -0.39 is 49.2 Å². The summed E-state index contributed by atoms with van der Waals surface area (Å²) in [4.78, 5) is 35.6. The van der Waals surface area contributed by atoms with Crippen LogP contribution in [0.15, 0.2) is 60.7 Å². The predicted molar refractivity (Wildman–Crippen MR) is 97.7 cm³/mol. The van der Waals surface area contributed by atoms with Gasteiger partial charge in [0.05, 0.1) is 11.1 Å². The lowest BCUT2D eigenvalue weighted by Gasteiger charge is -2.19. The van der Waals surface area contributed by atoms with Crippen LogP contribution in [0, 0.1) is 0 Å². The van der Waals surface area contributed by atoms with Gasteiger partial charge < -0.3 is 18.9 Å². The lowest BCUT2D eigenvalue weighted by atomic mass is 10.1. The van der Waals surface area contributed by atoms with E-state index >= 15 is 0 Å². The molecular formula is C21H19FO7. The number of hydrogen-bond donors (Lipinski definition) is 0. The summed E-state index contributed by atoms with van der Waals surface area (Å²) in [5, 5.41) is 0. The highest BCUT2D eigenvalue weighted by Crippen LogP contribution is 2.29. The number of halogens is 1. The number of hydrogen-bond acceptors (Lipinski definition) is 7. The Balaban J connectivity index is 1.70. The number of benzene rings is 2. The van der Waals surface area contributed by atoms with Gasteiger partial charge in [-0.1, -0.05) is 36.4 Å². The molecule has 0 bridgehead atoms. The van der Waals surface area contributed by atoms with Crippen LogP contribution >= 0.6 is 0 Å². The summed E-state index contributed by atoms with van der Waals surface area (Å²) in [7, 11) is 0. The van der Waals surface area contributed by atoms with Crippen molar-refractivity contribution < 1.29 is 37.7 Å². The Bertz CT molecular complexity index is 856. The molecule has 0 spiro atoms. The zero-order valence-electron chi connectivity index (χ0n) is 15.5. The van der Waals surface area contributed by atoms with Crippen molar-refractivity contribution >= 4 is 17.9 Å². The van der Waals surface area contributed by atoms with Gasteiger partial charge in [0, 0.05) is 6.92 Å². The molecule has 8 heteroatoms. The van der Waals surface area contributed by atoms with Crippen molar-refractivity contribution in [3.05, 3.63) is 71.8 Å². The van der Waals surface area contributed by atoms with Crippen LogP contribution in [0.1, 0.15) is 27.6 Å². The van der Waals surface area contributed by atoms with Crippen molar-refractivity contribution in [3.63, 3.8) is 0 Å². The summed E-state index contributed by atoms with van der Waals surface area (Å²) in [5.41, 5.74) is 0.521.